The quantitative estimate of drug-likeness (QED) is 0.146. The van der Waals surface area contributed by atoms with Gasteiger partial charge in [0.05, 0.1) is 12.8 Å². The molecule has 0 aliphatic heterocycles. The third-order valence-electron chi connectivity index (χ3n) is 12.8. The van der Waals surface area contributed by atoms with E-state index in [1.165, 1.54) is 55.4 Å². The zero-order valence-corrected chi connectivity index (χ0v) is 31.3. The topological polar surface area (TPSA) is 110 Å². The van der Waals surface area contributed by atoms with Crippen LogP contribution >= 0.6 is 0 Å². The number of carboxylic acids is 1. The molecule has 8 heteroatoms. The van der Waals surface area contributed by atoms with Crippen molar-refractivity contribution < 1.29 is 33.8 Å². The molecule has 0 aromatic rings. The van der Waals surface area contributed by atoms with Crippen molar-refractivity contribution in [2.45, 2.75) is 157 Å². The van der Waals surface area contributed by atoms with Gasteiger partial charge in [-0.05, 0) is 112 Å². The molecule has 0 radical (unpaired) electrons. The molecule has 4 aliphatic carbocycles. The van der Waals surface area contributed by atoms with Crippen molar-refractivity contribution in [3.63, 3.8) is 0 Å². The summed E-state index contributed by atoms with van der Waals surface area (Å²) in [5.74, 6) is 2.06. The summed E-state index contributed by atoms with van der Waals surface area (Å²) in [5.41, 5.74) is 1.36. The number of allylic oxidation sites excluding steroid dienone is 1. The monoisotopic (exact) mass is 671 g/mol. The number of ether oxygens (including phenoxy) is 2. The van der Waals surface area contributed by atoms with Crippen LogP contribution in [0, 0.1) is 46.3 Å². The normalized spacial score (nSPS) is 31.9. The first-order valence-electron chi connectivity index (χ1n) is 19.0. The number of aliphatic carboxylic acids is 1. The van der Waals surface area contributed by atoms with Gasteiger partial charge in [0.15, 0.2) is 0 Å². The van der Waals surface area contributed by atoms with Gasteiger partial charge in [0.1, 0.15) is 18.2 Å². The molecule has 0 saturated heterocycles. The molecule has 0 aromatic heterocycles. The van der Waals surface area contributed by atoms with E-state index in [0.29, 0.717) is 11.3 Å². The summed E-state index contributed by atoms with van der Waals surface area (Å²) < 4.78 is 11.3. The number of carbonyl (C=O) groups is 4. The predicted octanol–water partition coefficient (Wildman–Crippen LogP) is 8.36. The van der Waals surface area contributed by atoms with Gasteiger partial charge >= 0.3 is 17.9 Å². The molecule has 0 unspecified atom stereocenters. The van der Waals surface area contributed by atoms with Crippen molar-refractivity contribution >= 4 is 23.8 Å². The number of fused-ring (bicyclic) bond motifs is 5. The zero-order valence-electron chi connectivity index (χ0n) is 31.3. The van der Waals surface area contributed by atoms with Crippen molar-refractivity contribution in [2.75, 3.05) is 13.1 Å². The van der Waals surface area contributed by atoms with E-state index in [9.17, 15) is 19.2 Å². The van der Waals surface area contributed by atoms with Crippen molar-refractivity contribution in [1.29, 1.82) is 0 Å². The predicted molar refractivity (Wildman–Crippen MR) is 187 cm³/mol. The minimum absolute atomic E-state index is 0.0307. The maximum Gasteiger partial charge on any atom is 0.325 e. The van der Waals surface area contributed by atoms with Crippen LogP contribution in [-0.2, 0) is 28.7 Å². The van der Waals surface area contributed by atoms with Crippen LogP contribution in [0.2, 0.25) is 0 Å². The average Bonchev–Trinajstić information content (AvgIpc) is 3.34. The fourth-order valence-corrected chi connectivity index (χ4v) is 10.4. The number of esters is 2. The molecule has 8 nitrogen and oxygen atoms in total. The average molecular weight is 672 g/mol. The first-order valence-corrected chi connectivity index (χ1v) is 19.0. The van der Waals surface area contributed by atoms with Crippen molar-refractivity contribution in [3.05, 3.63) is 11.6 Å². The minimum Gasteiger partial charge on any atom is -0.481 e. The van der Waals surface area contributed by atoms with Crippen LogP contribution in [0.3, 0.4) is 0 Å². The van der Waals surface area contributed by atoms with Gasteiger partial charge in [0, 0.05) is 19.4 Å². The molecule has 4 aliphatic rings. The molecule has 0 bridgehead atoms. The molecular formula is C40H65NO7. The van der Waals surface area contributed by atoms with Gasteiger partial charge in [0.25, 0.3) is 0 Å². The van der Waals surface area contributed by atoms with Crippen LogP contribution in [-0.4, -0.2) is 58.6 Å². The lowest BCUT2D eigenvalue weighted by atomic mass is 9.47. The fraction of sp³-hybridized carbons (Fsp3) is 0.850. The first kappa shape index (κ1) is 38.4. The Bertz CT molecular complexity index is 1200. The summed E-state index contributed by atoms with van der Waals surface area (Å²) in [6.07, 6.45) is 14.6. The number of rotatable bonds is 14. The Labute approximate surface area is 290 Å². The molecule has 4 rings (SSSR count). The molecule has 272 valence electrons. The Morgan fingerprint density at radius 3 is 2.33 bits per heavy atom. The molecule has 0 heterocycles. The minimum atomic E-state index is -1.09. The first-order chi connectivity index (χ1) is 22.4. The maximum absolute atomic E-state index is 13.2. The smallest absolute Gasteiger partial charge is 0.325 e. The molecule has 3 saturated carbocycles. The zero-order chi connectivity index (χ0) is 35.4. The fourth-order valence-electron chi connectivity index (χ4n) is 10.4. The lowest BCUT2D eigenvalue weighted by Crippen LogP contribution is -2.51. The Balaban J connectivity index is 1.36. The lowest BCUT2D eigenvalue weighted by molar-refractivity contribution is -0.159. The van der Waals surface area contributed by atoms with E-state index in [1.54, 1.807) is 20.8 Å². The SMILES string of the molecule is CC(C)CCC[C@@H](C)[C@H]1CC[C@H]2[C@@H]3CC=C4C[C@@H](OC(=O)CN(CCC(=O)OC(C)(C)C)C(=O)CCC(=O)O)CC[C@]4(C)[C@H]3CC[C@]12C. The standard InChI is InChI=1S/C40H65NO7/c1-26(2)10-9-11-27(3)31-14-15-32-30-13-12-28-24-29(18-21-39(28,7)33(30)19-22-40(31,32)8)47-37(46)25-41(34(42)16-17-35(43)44)23-20-36(45)48-38(4,5)6/h12,26-27,29-33H,9-11,13-25H2,1-8H3,(H,43,44)/t27-,29+,30+,31-,32+,33+,39+,40-/m1/s1. The van der Waals surface area contributed by atoms with E-state index in [2.05, 4.69) is 40.7 Å². The molecule has 1 amide bonds. The van der Waals surface area contributed by atoms with Crippen LogP contribution in [0.25, 0.3) is 0 Å². The highest BCUT2D eigenvalue weighted by molar-refractivity contribution is 5.85. The van der Waals surface area contributed by atoms with Crippen LogP contribution in [0.4, 0.5) is 0 Å². The summed E-state index contributed by atoms with van der Waals surface area (Å²) in [7, 11) is 0. The number of nitrogens with zero attached hydrogens (tertiary/aromatic N) is 1. The Hall–Kier alpha value is -2.38. The van der Waals surface area contributed by atoms with Gasteiger partial charge in [-0.15, -0.1) is 0 Å². The van der Waals surface area contributed by atoms with E-state index < -0.39 is 29.4 Å². The highest BCUT2D eigenvalue weighted by Crippen LogP contribution is 2.67. The van der Waals surface area contributed by atoms with Crippen molar-refractivity contribution in [3.8, 4) is 0 Å². The summed E-state index contributed by atoms with van der Waals surface area (Å²) in [5, 5.41) is 9.07. The molecule has 1 N–H and O–H groups in total. The van der Waals surface area contributed by atoms with E-state index in [0.717, 1.165) is 55.3 Å². The van der Waals surface area contributed by atoms with Gasteiger partial charge in [-0.2, -0.15) is 0 Å². The van der Waals surface area contributed by atoms with Gasteiger partial charge in [-0.3, -0.25) is 19.2 Å². The Morgan fingerprint density at radius 2 is 1.67 bits per heavy atom. The molecule has 3 fully saturated rings. The summed E-state index contributed by atoms with van der Waals surface area (Å²) in [6.45, 7) is 17.3. The Kier molecular flexibility index (Phi) is 12.5. The second-order valence-corrected chi connectivity index (χ2v) is 17.7. The van der Waals surface area contributed by atoms with Gasteiger partial charge in [-0.1, -0.05) is 65.5 Å². The number of hydrogen-bond acceptors (Lipinski definition) is 6. The molecular weight excluding hydrogens is 606 g/mol. The Morgan fingerprint density at radius 1 is 0.938 bits per heavy atom. The van der Waals surface area contributed by atoms with Gasteiger partial charge in [-0.25, -0.2) is 0 Å². The summed E-state index contributed by atoms with van der Waals surface area (Å²) in [6, 6.07) is 0. The summed E-state index contributed by atoms with van der Waals surface area (Å²) in [4.78, 5) is 50.7. The van der Waals surface area contributed by atoms with Crippen molar-refractivity contribution in [1.82, 2.24) is 4.90 Å². The highest BCUT2D eigenvalue weighted by Gasteiger charge is 2.59. The number of amides is 1. The van der Waals surface area contributed by atoms with Gasteiger partial charge < -0.3 is 19.5 Å². The van der Waals surface area contributed by atoms with Crippen molar-refractivity contribution in [2.24, 2.45) is 46.3 Å². The van der Waals surface area contributed by atoms with Crippen LogP contribution < -0.4 is 0 Å². The van der Waals surface area contributed by atoms with Crippen LogP contribution in [0.15, 0.2) is 11.6 Å². The highest BCUT2D eigenvalue weighted by atomic mass is 16.6. The largest absolute Gasteiger partial charge is 0.481 e. The third kappa shape index (κ3) is 9.24. The van der Waals surface area contributed by atoms with E-state index in [4.69, 9.17) is 14.6 Å². The van der Waals surface area contributed by atoms with Gasteiger partial charge in [0.2, 0.25) is 5.91 Å². The number of hydrogen-bond donors (Lipinski definition) is 1. The van der Waals surface area contributed by atoms with E-state index >= 15 is 0 Å². The number of carbonyl (C=O) groups excluding carboxylic acids is 3. The van der Waals surface area contributed by atoms with E-state index in [-0.39, 0.29) is 43.9 Å². The maximum atomic E-state index is 13.2. The second-order valence-electron chi connectivity index (χ2n) is 17.7. The second kappa shape index (κ2) is 15.7. The molecule has 0 spiro atoms. The van der Waals surface area contributed by atoms with E-state index in [1.807, 2.05) is 0 Å². The molecule has 0 aromatic carbocycles. The third-order valence-corrected chi connectivity index (χ3v) is 12.8. The molecule has 8 atom stereocenters. The lowest BCUT2D eigenvalue weighted by Gasteiger charge is -2.58. The summed E-state index contributed by atoms with van der Waals surface area (Å²) >= 11 is 0. The number of carboxylic acid groups (broad SMARTS) is 1. The van der Waals surface area contributed by atoms with Crippen LogP contribution in [0.1, 0.15) is 145 Å². The van der Waals surface area contributed by atoms with Crippen LogP contribution in [0.5, 0.6) is 0 Å². The molecule has 48 heavy (non-hydrogen) atoms.